The van der Waals surface area contributed by atoms with Crippen molar-refractivity contribution in [1.29, 1.82) is 0 Å². The van der Waals surface area contributed by atoms with Crippen LogP contribution in [-0.2, 0) is 24.1 Å². The van der Waals surface area contributed by atoms with Gasteiger partial charge in [-0.2, -0.15) is 0 Å². The molecular weight excluding hydrogens is 345 g/mol. The van der Waals surface area contributed by atoms with E-state index in [0.29, 0.717) is 5.56 Å². The van der Waals surface area contributed by atoms with Gasteiger partial charge in [-0.3, -0.25) is 4.79 Å². The molecule has 0 spiro atoms. The van der Waals surface area contributed by atoms with Crippen LogP contribution < -0.4 is 4.74 Å². The monoisotopic (exact) mass is 362 g/mol. The first-order valence-electron chi connectivity index (χ1n) is 8.16. The third-order valence-electron chi connectivity index (χ3n) is 4.07. The molecule has 2 aromatic heterocycles. The Kier molecular flexibility index (Phi) is 4.97. The minimum atomic E-state index is -4.72. The maximum Gasteiger partial charge on any atom is 0.573 e. The Bertz CT molecular complexity index is 915. The normalized spacial score (nSPS) is 11.7. The minimum Gasteiger partial charge on any atom is -0.406 e. The Morgan fingerprint density at radius 3 is 2.50 bits per heavy atom. The molecule has 0 atom stereocenters. The Morgan fingerprint density at radius 2 is 1.85 bits per heavy atom. The lowest BCUT2D eigenvalue weighted by molar-refractivity contribution is -0.274. The molecule has 26 heavy (non-hydrogen) atoms. The summed E-state index contributed by atoms with van der Waals surface area (Å²) in [5.74, 6) is -0.324. The van der Waals surface area contributed by atoms with Crippen molar-refractivity contribution in [1.82, 2.24) is 9.38 Å². The molecule has 0 radical (unpaired) electrons. The van der Waals surface area contributed by atoms with Gasteiger partial charge in [0.15, 0.2) is 0 Å². The van der Waals surface area contributed by atoms with E-state index < -0.39 is 6.36 Å². The lowest BCUT2D eigenvalue weighted by Gasteiger charge is -2.11. The molecule has 0 fully saturated rings. The molecule has 0 N–H and O–H groups in total. The highest BCUT2D eigenvalue weighted by Crippen LogP contribution is 2.23. The number of nitrogens with zero attached hydrogens (tertiary/aromatic N) is 2. The van der Waals surface area contributed by atoms with E-state index >= 15 is 0 Å². The van der Waals surface area contributed by atoms with Crippen LogP contribution in [0.4, 0.5) is 13.2 Å². The zero-order chi connectivity index (χ0) is 18.7. The molecule has 4 nitrogen and oxygen atoms in total. The molecule has 7 heteroatoms. The van der Waals surface area contributed by atoms with Gasteiger partial charge in [-0.1, -0.05) is 25.1 Å². The number of aryl methyl sites for hydroxylation is 1. The van der Waals surface area contributed by atoms with Crippen LogP contribution in [0.25, 0.3) is 5.65 Å². The van der Waals surface area contributed by atoms with Crippen LogP contribution in [0.15, 0.2) is 48.8 Å². The number of carbonyl (C=O) groups is 1. The second-order valence-electron chi connectivity index (χ2n) is 5.90. The van der Waals surface area contributed by atoms with Gasteiger partial charge in [0.25, 0.3) is 0 Å². The van der Waals surface area contributed by atoms with Gasteiger partial charge in [-0.05, 0) is 35.7 Å². The molecule has 0 aliphatic heterocycles. The summed E-state index contributed by atoms with van der Waals surface area (Å²) in [6.45, 7) is 2.02. The quantitative estimate of drug-likeness (QED) is 0.662. The van der Waals surface area contributed by atoms with Crippen LogP contribution in [0.1, 0.15) is 23.7 Å². The molecule has 0 amide bonds. The number of pyridine rings is 1. The largest absolute Gasteiger partial charge is 0.573 e. The summed E-state index contributed by atoms with van der Waals surface area (Å²) < 4.78 is 42.3. The number of halogens is 3. The van der Waals surface area contributed by atoms with Gasteiger partial charge in [0.05, 0.1) is 0 Å². The lowest BCUT2D eigenvalue weighted by Crippen LogP contribution is -2.17. The summed E-state index contributed by atoms with van der Waals surface area (Å²) in [6.07, 6.45) is -0.0572. The first-order valence-corrected chi connectivity index (χ1v) is 8.16. The van der Waals surface area contributed by atoms with Gasteiger partial charge in [0.2, 0.25) is 0 Å². The number of ketones is 1. The number of hydrogen-bond donors (Lipinski definition) is 0. The van der Waals surface area contributed by atoms with Gasteiger partial charge in [-0.25, -0.2) is 4.98 Å². The van der Waals surface area contributed by atoms with Gasteiger partial charge in [-0.15, -0.1) is 13.2 Å². The molecule has 3 aromatic rings. The number of carbonyl (C=O) groups excluding carboxylic acids is 1. The second kappa shape index (κ2) is 7.19. The number of benzene rings is 1. The molecular formula is C19H17F3N2O2. The minimum absolute atomic E-state index is 0.0228. The number of imidazole rings is 1. The van der Waals surface area contributed by atoms with E-state index in [0.717, 1.165) is 23.3 Å². The number of alkyl halides is 3. The van der Waals surface area contributed by atoms with Crippen LogP contribution in [0.2, 0.25) is 0 Å². The van der Waals surface area contributed by atoms with E-state index in [2.05, 4.69) is 9.72 Å². The summed E-state index contributed by atoms with van der Waals surface area (Å²) in [6, 6.07) is 9.24. The maximum atomic E-state index is 12.5. The fourth-order valence-corrected chi connectivity index (χ4v) is 2.90. The van der Waals surface area contributed by atoms with Crippen LogP contribution >= 0.6 is 0 Å². The lowest BCUT2D eigenvalue weighted by atomic mass is 10.0. The van der Waals surface area contributed by atoms with Crippen molar-refractivity contribution in [3.05, 3.63) is 65.6 Å². The molecule has 0 saturated heterocycles. The summed E-state index contributed by atoms with van der Waals surface area (Å²) >= 11 is 0. The fourth-order valence-electron chi connectivity index (χ4n) is 2.90. The summed E-state index contributed by atoms with van der Waals surface area (Å²) in [5.41, 5.74) is 3.38. The highest BCUT2D eigenvalue weighted by Gasteiger charge is 2.30. The first kappa shape index (κ1) is 18.0. The first-order chi connectivity index (χ1) is 12.4. The smallest absolute Gasteiger partial charge is 0.406 e. The SMILES string of the molecule is CCc1ccc2nccn2c1CC(=O)Cc1ccc(OC(F)(F)F)cc1. The highest BCUT2D eigenvalue weighted by molar-refractivity contribution is 5.83. The molecule has 0 aliphatic carbocycles. The average molecular weight is 362 g/mol. The molecule has 2 heterocycles. The van der Waals surface area contributed by atoms with E-state index in [1.807, 2.05) is 29.7 Å². The van der Waals surface area contributed by atoms with E-state index in [4.69, 9.17) is 0 Å². The van der Waals surface area contributed by atoms with Crippen molar-refractivity contribution in [2.75, 3.05) is 0 Å². The van der Waals surface area contributed by atoms with Crippen LogP contribution in [-0.4, -0.2) is 21.5 Å². The summed E-state index contributed by atoms with van der Waals surface area (Å²) in [4.78, 5) is 16.7. The molecule has 0 aliphatic rings. The predicted molar refractivity (Wildman–Crippen MR) is 90.1 cm³/mol. The number of hydrogen-bond acceptors (Lipinski definition) is 3. The average Bonchev–Trinajstić information content (AvgIpc) is 3.04. The van der Waals surface area contributed by atoms with E-state index in [-0.39, 0.29) is 24.4 Å². The van der Waals surface area contributed by atoms with Crippen LogP contribution in [0.5, 0.6) is 5.75 Å². The molecule has 0 bridgehead atoms. The Hall–Kier alpha value is -2.83. The van der Waals surface area contributed by atoms with E-state index in [9.17, 15) is 18.0 Å². The standard InChI is InChI=1S/C19H17F3N2O2/c1-2-14-5-8-18-23-9-10-24(18)17(14)12-15(25)11-13-3-6-16(7-4-13)26-19(20,21)22/h3-10H,2,11-12H2,1H3. The molecule has 0 unspecified atom stereocenters. The van der Waals surface area contributed by atoms with Gasteiger partial charge in [0, 0.05) is 30.9 Å². The number of rotatable bonds is 6. The Labute approximate surface area is 148 Å². The van der Waals surface area contributed by atoms with Gasteiger partial charge in [0.1, 0.15) is 17.2 Å². The Balaban J connectivity index is 1.72. The third kappa shape index (κ3) is 4.22. The fraction of sp³-hybridized carbons (Fsp3) is 0.263. The van der Waals surface area contributed by atoms with Crippen molar-refractivity contribution in [2.45, 2.75) is 32.5 Å². The van der Waals surface area contributed by atoms with Crippen LogP contribution in [0, 0.1) is 0 Å². The van der Waals surface area contributed by atoms with Crippen molar-refractivity contribution in [3.63, 3.8) is 0 Å². The van der Waals surface area contributed by atoms with Crippen molar-refractivity contribution in [3.8, 4) is 5.75 Å². The van der Waals surface area contributed by atoms with Crippen molar-refractivity contribution in [2.24, 2.45) is 0 Å². The number of aromatic nitrogens is 2. The van der Waals surface area contributed by atoms with Gasteiger partial charge < -0.3 is 9.14 Å². The molecule has 1 aromatic carbocycles. The number of ether oxygens (including phenoxy) is 1. The topological polar surface area (TPSA) is 43.6 Å². The molecule has 3 rings (SSSR count). The third-order valence-corrected chi connectivity index (χ3v) is 4.07. The highest BCUT2D eigenvalue weighted by atomic mass is 19.4. The molecule has 0 saturated carbocycles. The predicted octanol–water partition coefficient (Wildman–Crippen LogP) is 4.15. The van der Waals surface area contributed by atoms with Gasteiger partial charge >= 0.3 is 6.36 Å². The summed E-state index contributed by atoms with van der Waals surface area (Å²) in [5, 5.41) is 0. The number of fused-ring (bicyclic) bond motifs is 1. The summed E-state index contributed by atoms with van der Waals surface area (Å²) in [7, 11) is 0. The van der Waals surface area contributed by atoms with E-state index in [1.165, 1.54) is 24.3 Å². The van der Waals surface area contributed by atoms with Crippen LogP contribution in [0.3, 0.4) is 0 Å². The molecule has 136 valence electrons. The van der Waals surface area contributed by atoms with Crippen molar-refractivity contribution < 1.29 is 22.7 Å². The van der Waals surface area contributed by atoms with Crippen molar-refractivity contribution >= 4 is 11.4 Å². The van der Waals surface area contributed by atoms with E-state index in [1.54, 1.807) is 6.20 Å². The second-order valence-corrected chi connectivity index (χ2v) is 5.90. The zero-order valence-electron chi connectivity index (χ0n) is 14.1. The number of Topliss-reactive ketones (excluding diaryl/α,β-unsaturated/α-hetero) is 1. The maximum absolute atomic E-state index is 12.5. The zero-order valence-corrected chi connectivity index (χ0v) is 14.1. The Morgan fingerprint density at radius 1 is 1.12 bits per heavy atom.